The summed E-state index contributed by atoms with van der Waals surface area (Å²) in [6.45, 7) is 2.94. The van der Waals surface area contributed by atoms with Crippen molar-refractivity contribution in [1.29, 1.82) is 0 Å². The van der Waals surface area contributed by atoms with Crippen LogP contribution in [-0.2, 0) is 14.4 Å². The van der Waals surface area contributed by atoms with Crippen molar-refractivity contribution in [3.63, 3.8) is 0 Å². The summed E-state index contributed by atoms with van der Waals surface area (Å²) in [6.07, 6.45) is 0.895. The first-order chi connectivity index (χ1) is 11.0. The van der Waals surface area contributed by atoms with Crippen LogP contribution in [0.2, 0.25) is 5.02 Å². The first-order valence-corrected chi connectivity index (χ1v) is 7.93. The van der Waals surface area contributed by atoms with Gasteiger partial charge in [-0.05, 0) is 24.6 Å². The Kier molecular flexibility index (Phi) is 5.98. The number of hydrogen-bond donors (Lipinski definition) is 1. The topological polar surface area (TPSA) is 69.7 Å². The van der Waals surface area contributed by atoms with Crippen molar-refractivity contribution in [3.05, 3.63) is 29.3 Å². The second-order valence-corrected chi connectivity index (χ2v) is 5.86. The first kappa shape index (κ1) is 17.3. The molecule has 1 aromatic carbocycles. The maximum atomic E-state index is 12.3. The number of nitrogens with zero attached hydrogens (tertiary/aromatic N) is 2. The van der Waals surface area contributed by atoms with Crippen LogP contribution < -0.4 is 10.2 Å². The lowest BCUT2D eigenvalue weighted by Crippen LogP contribution is -2.52. The highest BCUT2D eigenvalue weighted by molar-refractivity contribution is 6.30. The van der Waals surface area contributed by atoms with Gasteiger partial charge in [0.2, 0.25) is 17.7 Å². The van der Waals surface area contributed by atoms with Gasteiger partial charge in [0.05, 0.1) is 0 Å². The Hall–Kier alpha value is -2.08. The van der Waals surface area contributed by atoms with Crippen molar-refractivity contribution in [3.8, 4) is 0 Å². The second-order valence-electron chi connectivity index (χ2n) is 5.43. The Morgan fingerprint density at radius 2 is 2.09 bits per heavy atom. The summed E-state index contributed by atoms with van der Waals surface area (Å²) >= 11 is 5.95. The Bertz CT molecular complexity index is 606. The fourth-order valence-corrected chi connectivity index (χ4v) is 2.65. The molecule has 0 bridgehead atoms. The maximum Gasteiger partial charge on any atom is 0.246 e. The number of anilines is 1. The molecule has 6 nitrogen and oxygen atoms in total. The Morgan fingerprint density at radius 1 is 1.30 bits per heavy atom. The summed E-state index contributed by atoms with van der Waals surface area (Å²) in [7, 11) is 0. The van der Waals surface area contributed by atoms with Crippen LogP contribution in [0.3, 0.4) is 0 Å². The number of carbonyl (C=O) groups is 3. The largest absolute Gasteiger partial charge is 0.356 e. The lowest BCUT2D eigenvalue weighted by Gasteiger charge is -2.34. The van der Waals surface area contributed by atoms with Crippen LogP contribution in [0.25, 0.3) is 0 Å². The van der Waals surface area contributed by atoms with Crippen molar-refractivity contribution >= 4 is 35.0 Å². The average Bonchev–Trinajstić information content (AvgIpc) is 2.51. The molecule has 1 saturated heterocycles. The molecule has 0 atom stereocenters. The van der Waals surface area contributed by atoms with Gasteiger partial charge in [-0.15, -0.1) is 0 Å². The van der Waals surface area contributed by atoms with E-state index in [0.717, 1.165) is 5.69 Å². The predicted molar refractivity (Wildman–Crippen MR) is 88.3 cm³/mol. The van der Waals surface area contributed by atoms with Gasteiger partial charge >= 0.3 is 0 Å². The van der Waals surface area contributed by atoms with E-state index in [0.29, 0.717) is 37.5 Å². The van der Waals surface area contributed by atoms with E-state index in [1.54, 1.807) is 28.0 Å². The van der Waals surface area contributed by atoms with Gasteiger partial charge in [0.25, 0.3) is 0 Å². The second kappa shape index (κ2) is 7.97. The van der Waals surface area contributed by atoms with Gasteiger partial charge in [-0.25, -0.2) is 0 Å². The van der Waals surface area contributed by atoms with E-state index in [4.69, 9.17) is 11.6 Å². The smallest absolute Gasteiger partial charge is 0.246 e. The summed E-state index contributed by atoms with van der Waals surface area (Å²) in [4.78, 5) is 38.4. The first-order valence-electron chi connectivity index (χ1n) is 7.55. The molecule has 124 valence electrons. The van der Waals surface area contributed by atoms with Crippen molar-refractivity contribution in [2.45, 2.75) is 19.8 Å². The van der Waals surface area contributed by atoms with E-state index in [1.807, 2.05) is 6.07 Å². The van der Waals surface area contributed by atoms with E-state index >= 15 is 0 Å². The van der Waals surface area contributed by atoms with Gasteiger partial charge < -0.3 is 15.1 Å². The van der Waals surface area contributed by atoms with Gasteiger partial charge in [-0.1, -0.05) is 17.7 Å². The van der Waals surface area contributed by atoms with Crippen LogP contribution in [0, 0.1) is 0 Å². The summed E-state index contributed by atoms with van der Waals surface area (Å²) in [5, 5.41) is 3.22. The highest BCUT2D eigenvalue weighted by Crippen LogP contribution is 2.21. The molecule has 1 aromatic rings. The Labute approximate surface area is 140 Å². The molecule has 0 spiro atoms. The highest BCUT2D eigenvalue weighted by Gasteiger charge is 2.27. The normalized spacial score (nSPS) is 14.8. The van der Waals surface area contributed by atoms with Crippen LogP contribution in [0.5, 0.6) is 0 Å². The third-order valence-electron chi connectivity index (χ3n) is 3.63. The number of piperazine rings is 1. The molecule has 3 amide bonds. The number of carbonyl (C=O) groups excluding carboxylic acids is 3. The summed E-state index contributed by atoms with van der Waals surface area (Å²) in [5.41, 5.74) is 0.750. The molecule has 1 aliphatic rings. The van der Waals surface area contributed by atoms with Crippen molar-refractivity contribution in [1.82, 2.24) is 10.2 Å². The molecule has 1 fully saturated rings. The molecule has 0 aromatic heterocycles. The van der Waals surface area contributed by atoms with Gasteiger partial charge in [0.1, 0.15) is 6.54 Å². The predicted octanol–water partition coefficient (Wildman–Crippen LogP) is 1.43. The fourth-order valence-electron chi connectivity index (χ4n) is 2.47. The molecular formula is C16H20ClN3O3. The van der Waals surface area contributed by atoms with E-state index < -0.39 is 0 Å². The zero-order valence-electron chi connectivity index (χ0n) is 13.0. The monoisotopic (exact) mass is 337 g/mol. The molecule has 23 heavy (non-hydrogen) atoms. The Morgan fingerprint density at radius 3 is 2.74 bits per heavy atom. The van der Waals surface area contributed by atoms with Crippen LogP contribution >= 0.6 is 11.6 Å². The lowest BCUT2D eigenvalue weighted by molar-refractivity contribution is -0.137. The van der Waals surface area contributed by atoms with Crippen LogP contribution in [0.15, 0.2) is 24.3 Å². The summed E-state index contributed by atoms with van der Waals surface area (Å²) in [6, 6.07) is 7.12. The van der Waals surface area contributed by atoms with Crippen LogP contribution in [0.4, 0.5) is 5.69 Å². The fraction of sp³-hybridized carbons (Fsp3) is 0.438. The molecule has 0 radical (unpaired) electrons. The zero-order chi connectivity index (χ0) is 16.8. The zero-order valence-corrected chi connectivity index (χ0v) is 13.8. The molecule has 1 heterocycles. The standard InChI is InChI=1S/C16H20ClN3O3/c1-12(21)18-7-3-6-15(22)19-8-9-20(16(23)11-19)14-5-2-4-13(17)10-14/h2,4-5,10H,3,6-9,11H2,1H3,(H,18,21). The SMILES string of the molecule is CC(=O)NCCCC(=O)N1CCN(c2cccc(Cl)c2)C(=O)C1. The van der Waals surface area contributed by atoms with Gasteiger partial charge in [-0.2, -0.15) is 0 Å². The van der Waals surface area contributed by atoms with E-state index in [1.165, 1.54) is 6.92 Å². The van der Waals surface area contributed by atoms with E-state index in [-0.39, 0.29) is 24.3 Å². The number of hydrogen-bond acceptors (Lipinski definition) is 3. The molecule has 0 unspecified atom stereocenters. The van der Waals surface area contributed by atoms with E-state index in [9.17, 15) is 14.4 Å². The van der Waals surface area contributed by atoms with Gasteiger partial charge in [0, 0.05) is 43.7 Å². The molecular weight excluding hydrogens is 318 g/mol. The molecule has 7 heteroatoms. The minimum Gasteiger partial charge on any atom is -0.356 e. The van der Waals surface area contributed by atoms with Crippen molar-refractivity contribution < 1.29 is 14.4 Å². The quantitative estimate of drug-likeness (QED) is 0.826. The number of benzene rings is 1. The van der Waals surface area contributed by atoms with Crippen molar-refractivity contribution in [2.24, 2.45) is 0 Å². The number of rotatable bonds is 5. The average molecular weight is 338 g/mol. The molecule has 1 aliphatic heterocycles. The van der Waals surface area contributed by atoms with Crippen LogP contribution in [-0.4, -0.2) is 48.8 Å². The minimum absolute atomic E-state index is 0.0607. The van der Waals surface area contributed by atoms with Gasteiger partial charge in [-0.3, -0.25) is 14.4 Å². The van der Waals surface area contributed by atoms with Crippen LogP contribution in [0.1, 0.15) is 19.8 Å². The molecule has 1 N–H and O–H groups in total. The molecule has 0 saturated carbocycles. The maximum absolute atomic E-state index is 12.3. The number of nitrogens with one attached hydrogen (secondary N) is 1. The van der Waals surface area contributed by atoms with E-state index in [2.05, 4.69) is 5.32 Å². The van der Waals surface area contributed by atoms with Crippen molar-refractivity contribution in [2.75, 3.05) is 31.1 Å². The number of halogens is 1. The molecule has 0 aliphatic carbocycles. The number of amides is 3. The highest BCUT2D eigenvalue weighted by atomic mass is 35.5. The third kappa shape index (κ3) is 4.96. The minimum atomic E-state index is -0.117. The lowest BCUT2D eigenvalue weighted by atomic mass is 10.2. The Balaban J connectivity index is 1.85. The third-order valence-corrected chi connectivity index (χ3v) is 3.87. The van der Waals surface area contributed by atoms with Gasteiger partial charge in [0.15, 0.2) is 0 Å². The summed E-state index contributed by atoms with van der Waals surface area (Å²) in [5.74, 6) is -0.286. The molecule has 2 rings (SSSR count). The summed E-state index contributed by atoms with van der Waals surface area (Å²) < 4.78 is 0.